The summed E-state index contributed by atoms with van der Waals surface area (Å²) in [4.78, 5) is 3.25. The third-order valence-corrected chi connectivity index (χ3v) is 3.57. The van der Waals surface area contributed by atoms with Gasteiger partial charge in [0.1, 0.15) is 29.4 Å². The van der Waals surface area contributed by atoms with Crippen molar-refractivity contribution in [1.82, 2.24) is 10.6 Å². The summed E-state index contributed by atoms with van der Waals surface area (Å²) in [5, 5.41) is 20.0. The number of ether oxygens (including phenoxy) is 1. The zero-order chi connectivity index (χ0) is 16.7. The summed E-state index contributed by atoms with van der Waals surface area (Å²) in [6.45, 7) is 3.84. The summed E-state index contributed by atoms with van der Waals surface area (Å²) in [5.41, 5.74) is 1.50. The highest BCUT2D eigenvalue weighted by Crippen LogP contribution is 2.21. The van der Waals surface area contributed by atoms with Crippen LogP contribution in [0.4, 0.5) is 5.82 Å². The van der Waals surface area contributed by atoms with Gasteiger partial charge in [0.25, 0.3) is 5.82 Å². The molecule has 0 spiro atoms. The summed E-state index contributed by atoms with van der Waals surface area (Å²) in [6, 6.07) is 9.83. The zero-order valence-corrected chi connectivity index (χ0v) is 14.0. The maximum absolute atomic E-state index is 9.35. The molecular formula is C16H20N5OS+. The fourth-order valence-corrected chi connectivity index (χ4v) is 2.24. The average molecular weight is 330 g/mol. The summed E-state index contributed by atoms with van der Waals surface area (Å²) in [6.07, 6.45) is 0. The summed E-state index contributed by atoms with van der Waals surface area (Å²) < 4.78 is 5.49. The molecule has 0 aliphatic carbocycles. The van der Waals surface area contributed by atoms with Crippen LogP contribution in [0.2, 0.25) is 0 Å². The molecule has 1 aromatic carbocycles. The van der Waals surface area contributed by atoms with Crippen molar-refractivity contribution in [2.45, 2.75) is 6.92 Å². The van der Waals surface area contributed by atoms with E-state index in [1.807, 2.05) is 31.2 Å². The number of hydrogen-bond acceptors (Lipinski definition) is 4. The van der Waals surface area contributed by atoms with Crippen LogP contribution in [-0.4, -0.2) is 31.9 Å². The first kappa shape index (κ1) is 16.8. The molecule has 0 aliphatic heterocycles. The van der Waals surface area contributed by atoms with E-state index in [-0.39, 0.29) is 0 Å². The lowest BCUT2D eigenvalue weighted by molar-refractivity contribution is -0.327. The van der Waals surface area contributed by atoms with Crippen molar-refractivity contribution < 1.29 is 9.72 Å². The van der Waals surface area contributed by atoms with Crippen LogP contribution in [-0.2, 0) is 0 Å². The minimum absolute atomic E-state index is 0.558. The van der Waals surface area contributed by atoms with E-state index in [2.05, 4.69) is 27.0 Å². The van der Waals surface area contributed by atoms with Crippen molar-refractivity contribution in [3.8, 4) is 11.8 Å². The second-order valence-corrected chi connectivity index (χ2v) is 5.19. The van der Waals surface area contributed by atoms with Gasteiger partial charge in [0.05, 0.1) is 13.2 Å². The highest BCUT2D eigenvalue weighted by molar-refractivity contribution is 7.80. The first-order valence-electron chi connectivity index (χ1n) is 7.40. The minimum Gasteiger partial charge on any atom is -0.494 e. The van der Waals surface area contributed by atoms with Gasteiger partial charge in [0, 0.05) is 12.4 Å². The highest BCUT2D eigenvalue weighted by Gasteiger charge is 2.12. The summed E-state index contributed by atoms with van der Waals surface area (Å²) >= 11 is 5.01. The molecule has 1 aromatic heterocycles. The molecule has 0 amide bonds. The lowest BCUT2D eigenvalue weighted by atomic mass is 10.1. The smallest absolute Gasteiger partial charge is 0.290 e. The van der Waals surface area contributed by atoms with Crippen LogP contribution in [0.3, 0.4) is 0 Å². The normalized spacial score (nSPS) is 9.96. The fourth-order valence-electron chi connectivity index (χ4n) is 2.14. The Morgan fingerprint density at radius 1 is 1.35 bits per heavy atom. The number of thiocarbonyl (C=S) groups is 1. The number of nitrogens with one attached hydrogen (secondary N) is 4. The fraction of sp³-hybridized carbons (Fsp3) is 0.312. The average Bonchev–Trinajstić information content (AvgIpc) is 2.58. The van der Waals surface area contributed by atoms with Crippen LogP contribution in [0.15, 0.2) is 24.3 Å². The van der Waals surface area contributed by atoms with Crippen molar-refractivity contribution >= 4 is 34.1 Å². The quantitative estimate of drug-likeness (QED) is 0.549. The van der Waals surface area contributed by atoms with Crippen molar-refractivity contribution in [3.63, 3.8) is 0 Å². The van der Waals surface area contributed by atoms with Crippen molar-refractivity contribution in [3.05, 3.63) is 29.8 Å². The SMILES string of the molecule is CCOc1ccc2[nH+]c(NCCNC(=S)NC)c(C#N)cc2c1. The van der Waals surface area contributed by atoms with Gasteiger partial charge in [-0.2, -0.15) is 5.26 Å². The molecule has 0 saturated heterocycles. The number of nitrogens with zero attached hydrogens (tertiary/aromatic N) is 1. The Labute approximate surface area is 140 Å². The molecule has 0 unspecified atom stereocenters. The standard InChI is InChI=1S/C16H19N5OS/c1-3-22-13-4-5-14-11(9-13)8-12(10-17)15(21-14)19-6-7-20-16(23)18-2/h4-5,8-9H,3,6-7H2,1-2H3,(H,19,21)(H2,18,20,23)/p+1. The summed E-state index contributed by atoms with van der Waals surface area (Å²) in [5.74, 6) is 1.49. The molecule has 1 heterocycles. The van der Waals surface area contributed by atoms with E-state index in [4.69, 9.17) is 17.0 Å². The Bertz CT molecular complexity index is 741. The number of nitriles is 1. The molecule has 7 heteroatoms. The Morgan fingerprint density at radius 3 is 2.87 bits per heavy atom. The number of H-pyrrole nitrogens is 1. The third kappa shape index (κ3) is 4.44. The molecule has 2 aromatic rings. The maximum atomic E-state index is 9.35. The number of rotatable bonds is 6. The van der Waals surface area contributed by atoms with Gasteiger partial charge in [0.2, 0.25) is 0 Å². The van der Waals surface area contributed by atoms with Crippen LogP contribution >= 0.6 is 12.2 Å². The Kier molecular flexibility index (Phi) is 5.94. The Morgan fingerprint density at radius 2 is 2.17 bits per heavy atom. The summed E-state index contributed by atoms with van der Waals surface area (Å²) in [7, 11) is 1.77. The predicted molar refractivity (Wildman–Crippen MR) is 94.5 cm³/mol. The number of aromatic amines is 1. The maximum Gasteiger partial charge on any atom is 0.290 e. The van der Waals surface area contributed by atoms with Crippen LogP contribution in [0.1, 0.15) is 12.5 Å². The molecule has 2 rings (SSSR count). The molecule has 0 aliphatic rings. The highest BCUT2D eigenvalue weighted by atomic mass is 32.1. The second kappa shape index (κ2) is 8.15. The lowest BCUT2D eigenvalue weighted by Gasteiger charge is -2.07. The molecular weight excluding hydrogens is 310 g/mol. The molecule has 0 bridgehead atoms. The van der Waals surface area contributed by atoms with Gasteiger partial charge in [-0.05, 0) is 43.4 Å². The molecule has 0 atom stereocenters. The lowest BCUT2D eigenvalue weighted by Crippen LogP contribution is -2.36. The molecule has 0 fully saturated rings. The largest absolute Gasteiger partial charge is 0.494 e. The van der Waals surface area contributed by atoms with Gasteiger partial charge >= 0.3 is 0 Å². The first-order valence-corrected chi connectivity index (χ1v) is 7.81. The van der Waals surface area contributed by atoms with E-state index in [1.165, 1.54) is 0 Å². The number of anilines is 1. The first-order chi connectivity index (χ1) is 11.2. The van der Waals surface area contributed by atoms with Gasteiger partial charge in [-0.25, -0.2) is 4.98 Å². The van der Waals surface area contributed by atoms with Crippen molar-refractivity contribution in [2.24, 2.45) is 0 Å². The number of pyridine rings is 1. The van der Waals surface area contributed by atoms with E-state index < -0.39 is 0 Å². The minimum atomic E-state index is 0.558. The zero-order valence-electron chi connectivity index (χ0n) is 13.2. The van der Waals surface area contributed by atoms with Gasteiger partial charge < -0.3 is 15.4 Å². The number of aromatic nitrogens is 1. The van der Waals surface area contributed by atoms with Gasteiger partial charge in [0.15, 0.2) is 5.11 Å². The van der Waals surface area contributed by atoms with Gasteiger partial charge in [-0.15, -0.1) is 0 Å². The molecule has 0 saturated carbocycles. The monoisotopic (exact) mass is 330 g/mol. The van der Waals surface area contributed by atoms with Crippen molar-refractivity contribution in [1.29, 1.82) is 5.26 Å². The molecule has 23 heavy (non-hydrogen) atoms. The molecule has 6 nitrogen and oxygen atoms in total. The number of fused-ring (bicyclic) bond motifs is 1. The molecule has 4 N–H and O–H groups in total. The van der Waals surface area contributed by atoms with Crippen LogP contribution in [0, 0.1) is 11.3 Å². The number of hydrogen-bond donors (Lipinski definition) is 3. The van der Waals surface area contributed by atoms with Gasteiger partial charge in [-0.1, -0.05) is 0 Å². The Hall–Kier alpha value is -2.59. The van der Waals surface area contributed by atoms with E-state index >= 15 is 0 Å². The van der Waals surface area contributed by atoms with Crippen LogP contribution in [0.25, 0.3) is 10.9 Å². The van der Waals surface area contributed by atoms with Crippen molar-refractivity contribution in [2.75, 3.05) is 32.1 Å². The Balaban J connectivity index is 2.15. The van der Waals surface area contributed by atoms with Crippen LogP contribution in [0.5, 0.6) is 5.75 Å². The van der Waals surface area contributed by atoms with Gasteiger partial charge in [-0.3, -0.25) is 5.32 Å². The third-order valence-electron chi connectivity index (χ3n) is 3.22. The van der Waals surface area contributed by atoms with E-state index in [0.717, 1.165) is 16.7 Å². The molecule has 0 radical (unpaired) electrons. The molecule has 120 valence electrons. The second-order valence-electron chi connectivity index (χ2n) is 4.78. The van der Waals surface area contributed by atoms with E-state index in [9.17, 15) is 5.26 Å². The van der Waals surface area contributed by atoms with E-state index in [1.54, 1.807) is 7.05 Å². The topological polar surface area (TPSA) is 83.2 Å². The predicted octanol–water partition coefficient (Wildman–Crippen LogP) is 1.43. The van der Waals surface area contributed by atoms with Crippen LogP contribution < -0.4 is 25.7 Å². The number of benzene rings is 1. The van der Waals surface area contributed by atoms with E-state index in [0.29, 0.717) is 36.2 Å².